The normalized spacial score (nSPS) is 13.4. The summed E-state index contributed by atoms with van der Waals surface area (Å²) in [5.41, 5.74) is 11.1. The van der Waals surface area contributed by atoms with Crippen LogP contribution in [0, 0.1) is 13.8 Å². The van der Waals surface area contributed by atoms with E-state index in [0.717, 1.165) is 0 Å². The second-order valence-corrected chi connectivity index (χ2v) is 4.46. The Kier molecular flexibility index (Phi) is 2.31. The maximum atomic E-state index is 5.98. The number of benzene rings is 1. The number of hydrogen-bond donors (Lipinski definition) is 1. The van der Waals surface area contributed by atoms with Gasteiger partial charge >= 0.3 is 0 Å². The van der Waals surface area contributed by atoms with Crippen LogP contribution in [0.25, 0.3) is 10.9 Å². The molecule has 0 saturated heterocycles. The second kappa shape index (κ2) is 3.38. The quantitative estimate of drug-likeness (QED) is 0.757. The number of aromatic nitrogens is 1. The van der Waals surface area contributed by atoms with Gasteiger partial charge in [0.1, 0.15) is 0 Å². The molecule has 0 aliphatic heterocycles. The Morgan fingerprint density at radius 2 is 1.93 bits per heavy atom. The van der Waals surface area contributed by atoms with Crippen molar-refractivity contribution >= 4 is 10.9 Å². The van der Waals surface area contributed by atoms with Gasteiger partial charge in [0.2, 0.25) is 0 Å². The van der Waals surface area contributed by atoms with Gasteiger partial charge in [-0.05, 0) is 38.0 Å². The summed E-state index contributed by atoms with van der Waals surface area (Å²) < 4.78 is 2.17. The van der Waals surface area contributed by atoms with Crippen LogP contribution in [0.4, 0.5) is 0 Å². The monoisotopic (exact) mass is 202 g/mol. The van der Waals surface area contributed by atoms with E-state index in [9.17, 15) is 0 Å². The van der Waals surface area contributed by atoms with Crippen LogP contribution in [0.3, 0.4) is 0 Å². The Labute approximate surface area is 90.7 Å². The highest BCUT2D eigenvalue weighted by molar-refractivity contribution is 5.87. The third kappa shape index (κ3) is 1.55. The first kappa shape index (κ1) is 10.2. The Morgan fingerprint density at radius 1 is 1.27 bits per heavy atom. The molecule has 1 aromatic heterocycles. The Morgan fingerprint density at radius 3 is 2.53 bits per heavy atom. The molecule has 2 aromatic rings. The van der Waals surface area contributed by atoms with Crippen LogP contribution in [-0.4, -0.2) is 4.57 Å². The molecule has 2 rings (SSSR count). The first-order valence-electron chi connectivity index (χ1n) is 5.32. The first-order chi connectivity index (χ1) is 7.00. The minimum atomic E-state index is 0.0925. The van der Waals surface area contributed by atoms with Crippen molar-refractivity contribution in [1.82, 2.24) is 4.57 Å². The van der Waals surface area contributed by atoms with E-state index in [-0.39, 0.29) is 6.04 Å². The average Bonchev–Trinajstić information content (AvgIpc) is 2.42. The Balaban J connectivity index is 2.87. The van der Waals surface area contributed by atoms with Crippen molar-refractivity contribution in [3.63, 3.8) is 0 Å². The molecule has 0 amide bonds. The predicted molar refractivity (Wildman–Crippen MR) is 65.0 cm³/mol. The lowest BCUT2D eigenvalue weighted by molar-refractivity contribution is 0.815. The molecule has 1 heterocycles. The molecule has 0 aliphatic rings. The molecule has 2 heteroatoms. The highest BCUT2D eigenvalue weighted by atomic mass is 14.9. The maximum Gasteiger partial charge on any atom is 0.0511 e. The molecule has 2 N–H and O–H groups in total. The van der Waals surface area contributed by atoms with Crippen molar-refractivity contribution in [2.75, 3.05) is 0 Å². The van der Waals surface area contributed by atoms with Gasteiger partial charge in [-0.25, -0.2) is 0 Å². The van der Waals surface area contributed by atoms with Gasteiger partial charge in [0.25, 0.3) is 0 Å². The standard InChI is InChI=1S/C13H18N2/c1-8-5-9(2)13-11(6-8)12(10(3)14)7-15(13)4/h5-7,10H,14H2,1-4H3. The van der Waals surface area contributed by atoms with E-state index in [1.54, 1.807) is 0 Å². The van der Waals surface area contributed by atoms with Gasteiger partial charge in [0, 0.05) is 24.7 Å². The number of aryl methyl sites for hydroxylation is 3. The minimum Gasteiger partial charge on any atom is -0.350 e. The van der Waals surface area contributed by atoms with Gasteiger partial charge in [-0.2, -0.15) is 0 Å². The summed E-state index contributed by atoms with van der Waals surface area (Å²) in [6.45, 7) is 6.32. The smallest absolute Gasteiger partial charge is 0.0511 e. The molecular weight excluding hydrogens is 184 g/mol. The summed E-state index contributed by atoms with van der Waals surface area (Å²) >= 11 is 0. The first-order valence-corrected chi connectivity index (χ1v) is 5.32. The lowest BCUT2D eigenvalue weighted by atomic mass is 10.0. The van der Waals surface area contributed by atoms with Crippen LogP contribution in [0.5, 0.6) is 0 Å². The van der Waals surface area contributed by atoms with Crippen LogP contribution < -0.4 is 5.73 Å². The lowest BCUT2D eigenvalue weighted by Crippen LogP contribution is -2.03. The summed E-state index contributed by atoms with van der Waals surface area (Å²) in [4.78, 5) is 0. The summed E-state index contributed by atoms with van der Waals surface area (Å²) in [7, 11) is 2.08. The summed E-state index contributed by atoms with van der Waals surface area (Å²) in [6.07, 6.45) is 2.14. The summed E-state index contributed by atoms with van der Waals surface area (Å²) in [5.74, 6) is 0. The molecule has 15 heavy (non-hydrogen) atoms. The fourth-order valence-corrected chi connectivity index (χ4v) is 2.35. The number of nitrogens with zero attached hydrogens (tertiary/aromatic N) is 1. The maximum absolute atomic E-state index is 5.98. The SMILES string of the molecule is Cc1cc(C)c2c(c1)c(C(C)N)cn2C. The largest absolute Gasteiger partial charge is 0.350 e. The number of rotatable bonds is 1. The second-order valence-electron chi connectivity index (χ2n) is 4.46. The lowest BCUT2D eigenvalue weighted by Gasteiger charge is -2.05. The molecule has 0 bridgehead atoms. The zero-order chi connectivity index (χ0) is 11.2. The van der Waals surface area contributed by atoms with E-state index in [2.05, 4.69) is 43.8 Å². The molecule has 0 radical (unpaired) electrons. The van der Waals surface area contributed by atoms with E-state index < -0.39 is 0 Å². The van der Waals surface area contributed by atoms with Gasteiger partial charge in [-0.3, -0.25) is 0 Å². The van der Waals surface area contributed by atoms with Crippen LogP contribution >= 0.6 is 0 Å². The highest BCUT2D eigenvalue weighted by Crippen LogP contribution is 2.28. The number of hydrogen-bond acceptors (Lipinski definition) is 1. The van der Waals surface area contributed by atoms with Crippen molar-refractivity contribution in [3.8, 4) is 0 Å². The molecule has 0 aliphatic carbocycles. The van der Waals surface area contributed by atoms with Crippen LogP contribution in [0.15, 0.2) is 18.3 Å². The van der Waals surface area contributed by atoms with E-state index in [4.69, 9.17) is 5.73 Å². The van der Waals surface area contributed by atoms with Gasteiger partial charge in [0.05, 0.1) is 5.52 Å². The average molecular weight is 202 g/mol. The molecule has 0 spiro atoms. The zero-order valence-electron chi connectivity index (χ0n) is 9.83. The summed E-state index contributed by atoms with van der Waals surface area (Å²) in [6, 6.07) is 4.53. The zero-order valence-corrected chi connectivity index (χ0v) is 9.83. The summed E-state index contributed by atoms with van der Waals surface area (Å²) in [5, 5.41) is 1.30. The number of nitrogens with two attached hydrogens (primary N) is 1. The van der Waals surface area contributed by atoms with Crippen molar-refractivity contribution in [2.24, 2.45) is 12.8 Å². The van der Waals surface area contributed by atoms with Crippen LogP contribution in [0.1, 0.15) is 29.7 Å². The van der Waals surface area contributed by atoms with E-state index >= 15 is 0 Å². The highest BCUT2D eigenvalue weighted by Gasteiger charge is 2.11. The molecule has 1 atom stereocenters. The molecule has 80 valence electrons. The molecular formula is C13H18N2. The van der Waals surface area contributed by atoms with E-state index in [0.29, 0.717) is 0 Å². The van der Waals surface area contributed by atoms with E-state index in [1.807, 2.05) is 6.92 Å². The molecule has 1 aromatic carbocycles. The molecule has 2 nitrogen and oxygen atoms in total. The Bertz CT molecular complexity index is 507. The van der Waals surface area contributed by atoms with Gasteiger partial charge in [-0.15, -0.1) is 0 Å². The van der Waals surface area contributed by atoms with Crippen molar-refractivity contribution in [3.05, 3.63) is 35.0 Å². The van der Waals surface area contributed by atoms with Crippen molar-refractivity contribution < 1.29 is 0 Å². The molecule has 0 saturated carbocycles. The van der Waals surface area contributed by atoms with Gasteiger partial charge < -0.3 is 10.3 Å². The molecule has 0 fully saturated rings. The van der Waals surface area contributed by atoms with Crippen molar-refractivity contribution in [2.45, 2.75) is 26.8 Å². The topological polar surface area (TPSA) is 30.9 Å². The fraction of sp³-hybridized carbons (Fsp3) is 0.385. The fourth-order valence-electron chi connectivity index (χ4n) is 2.35. The number of fused-ring (bicyclic) bond motifs is 1. The van der Waals surface area contributed by atoms with Crippen molar-refractivity contribution in [1.29, 1.82) is 0 Å². The van der Waals surface area contributed by atoms with Crippen LogP contribution in [0.2, 0.25) is 0 Å². The minimum absolute atomic E-state index is 0.0925. The third-order valence-electron chi connectivity index (χ3n) is 2.93. The van der Waals surface area contributed by atoms with Gasteiger partial charge in [0.15, 0.2) is 0 Å². The third-order valence-corrected chi connectivity index (χ3v) is 2.93. The van der Waals surface area contributed by atoms with Crippen LogP contribution in [-0.2, 0) is 7.05 Å². The van der Waals surface area contributed by atoms with E-state index in [1.165, 1.54) is 27.6 Å². The predicted octanol–water partition coefficient (Wildman–Crippen LogP) is 2.81. The van der Waals surface area contributed by atoms with Gasteiger partial charge in [-0.1, -0.05) is 11.6 Å². The Hall–Kier alpha value is -1.28. The molecule has 1 unspecified atom stereocenters.